The van der Waals surface area contributed by atoms with E-state index in [4.69, 9.17) is 0 Å². The Labute approximate surface area is 145 Å². The molecule has 1 atom stereocenters. The molecule has 2 aliphatic heterocycles. The topological polar surface area (TPSA) is 26.8 Å². The van der Waals surface area contributed by atoms with Gasteiger partial charge in [-0.15, -0.1) is 0 Å². The van der Waals surface area contributed by atoms with Gasteiger partial charge in [0.1, 0.15) is 0 Å². The first kappa shape index (κ1) is 16.1. The van der Waals surface area contributed by atoms with Gasteiger partial charge in [0.2, 0.25) is 0 Å². The number of nitrogens with zero attached hydrogens (tertiary/aromatic N) is 3. The third kappa shape index (κ3) is 3.22. The quantitative estimate of drug-likeness (QED) is 0.852. The summed E-state index contributed by atoms with van der Waals surface area (Å²) in [6.45, 7) is 11.0. The Kier molecular flexibility index (Phi) is 4.13. The summed E-state index contributed by atoms with van der Waals surface area (Å²) in [7, 11) is 0. The molecule has 3 aliphatic rings. The second-order valence-electron chi connectivity index (χ2n) is 8.41. The van der Waals surface area contributed by atoms with Gasteiger partial charge in [0.25, 0.3) is 5.91 Å². The highest BCUT2D eigenvalue weighted by atomic mass is 16.2. The highest BCUT2D eigenvalue weighted by molar-refractivity contribution is 5.94. The zero-order valence-electron chi connectivity index (χ0n) is 14.9. The summed E-state index contributed by atoms with van der Waals surface area (Å²) in [5.41, 5.74) is 0.867. The van der Waals surface area contributed by atoms with Gasteiger partial charge >= 0.3 is 0 Å². The fraction of sp³-hybridized carbons (Fsp3) is 0.650. The van der Waals surface area contributed by atoms with Crippen LogP contribution in [0.2, 0.25) is 0 Å². The van der Waals surface area contributed by atoms with E-state index in [-0.39, 0.29) is 11.4 Å². The molecule has 0 N–H and O–H groups in total. The van der Waals surface area contributed by atoms with Crippen LogP contribution in [0.4, 0.5) is 0 Å². The van der Waals surface area contributed by atoms with Gasteiger partial charge in [0.05, 0.1) is 0 Å². The number of amides is 1. The Bertz CT molecular complexity index is 596. The van der Waals surface area contributed by atoms with E-state index < -0.39 is 0 Å². The van der Waals surface area contributed by atoms with Crippen LogP contribution in [0.15, 0.2) is 30.3 Å². The minimum atomic E-state index is 0.0546. The third-order valence-corrected chi connectivity index (χ3v) is 5.87. The Balaban J connectivity index is 1.48. The van der Waals surface area contributed by atoms with Gasteiger partial charge in [-0.05, 0) is 44.7 Å². The third-order valence-electron chi connectivity index (χ3n) is 5.87. The van der Waals surface area contributed by atoms with E-state index in [1.165, 1.54) is 25.9 Å². The van der Waals surface area contributed by atoms with E-state index in [1.54, 1.807) is 0 Å². The number of piperazine rings is 2. The van der Waals surface area contributed by atoms with Crippen LogP contribution in [0, 0.1) is 5.92 Å². The SMILES string of the molecule is CC1(C)CN(C(=O)c2ccccc2)C[C@@H]2CN(CC3CC3)CCN21. The lowest BCUT2D eigenvalue weighted by molar-refractivity contribution is -0.0568. The van der Waals surface area contributed by atoms with Crippen LogP contribution in [-0.2, 0) is 0 Å². The largest absolute Gasteiger partial charge is 0.335 e. The molecule has 3 fully saturated rings. The maximum Gasteiger partial charge on any atom is 0.253 e. The summed E-state index contributed by atoms with van der Waals surface area (Å²) < 4.78 is 0. The van der Waals surface area contributed by atoms with Gasteiger partial charge in [0, 0.05) is 56.4 Å². The molecular weight excluding hydrogens is 298 g/mol. The van der Waals surface area contributed by atoms with Gasteiger partial charge in [0.15, 0.2) is 0 Å². The van der Waals surface area contributed by atoms with Crippen LogP contribution in [0.25, 0.3) is 0 Å². The number of carbonyl (C=O) groups excluding carboxylic acids is 1. The number of carbonyl (C=O) groups is 1. The molecule has 4 rings (SSSR count). The maximum atomic E-state index is 12.9. The number of fused-ring (bicyclic) bond motifs is 1. The zero-order chi connectivity index (χ0) is 16.7. The van der Waals surface area contributed by atoms with Crippen molar-refractivity contribution in [2.24, 2.45) is 5.92 Å². The summed E-state index contributed by atoms with van der Waals surface area (Å²) in [6, 6.07) is 10.2. The summed E-state index contributed by atoms with van der Waals surface area (Å²) >= 11 is 0. The summed E-state index contributed by atoms with van der Waals surface area (Å²) in [4.78, 5) is 20.3. The molecule has 24 heavy (non-hydrogen) atoms. The molecule has 1 aliphatic carbocycles. The van der Waals surface area contributed by atoms with Crippen molar-refractivity contribution in [3.05, 3.63) is 35.9 Å². The van der Waals surface area contributed by atoms with Crippen molar-refractivity contribution in [1.82, 2.24) is 14.7 Å². The van der Waals surface area contributed by atoms with Crippen molar-refractivity contribution in [2.75, 3.05) is 39.3 Å². The molecule has 1 amide bonds. The van der Waals surface area contributed by atoms with Gasteiger partial charge in [-0.3, -0.25) is 9.69 Å². The highest BCUT2D eigenvalue weighted by Crippen LogP contribution is 2.33. The fourth-order valence-electron chi connectivity index (χ4n) is 4.50. The molecule has 4 nitrogen and oxygen atoms in total. The average Bonchev–Trinajstić information content (AvgIpc) is 3.38. The van der Waals surface area contributed by atoms with Crippen molar-refractivity contribution in [3.8, 4) is 0 Å². The number of rotatable bonds is 3. The van der Waals surface area contributed by atoms with Crippen LogP contribution in [0.5, 0.6) is 0 Å². The second kappa shape index (κ2) is 6.16. The average molecular weight is 327 g/mol. The van der Waals surface area contributed by atoms with Crippen LogP contribution >= 0.6 is 0 Å². The summed E-state index contributed by atoms with van der Waals surface area (Å²) in [5, 5.41) is 0. The molecule has 0 bridgehead atoms. The van der Waals surface area contributed by atoms with Crippen molar-refractivity contribution in [2.45, 2.75) is 38.3 Å². The molecule has 1 saturated carbocycles. The standard InChI is InChI=1S/C20H29N3O/c1-20(2)15-22(19(24)17-6-4-3-5-7-17)14-18-13-21(10-11-23(18)20)12-16-8-9-16/h3-7,16,18H,8-15H2,1-2H3/t18-/m0/s1. The lowest BCUT2D eigenvalue weighted by Gasteiger charge is -2.55. The maximum absolute atomic E-state index is 12.9. The Hall–Kier alpha value is -1.39. The van der Waals surface area contributed by atoms with E-state index in [9.17, 15) is 4.79 Å². The van der Waals surface area contributed by atoms with Crippen molar-refractivity contribution >= 4 is 5.91 Å². The number of hydrogen-bond donors (Lipinski definition) is 0. The monoisotopic (exact) mass is 327 g/mol. The summed E-state index contributed by atoms with van der Waals surface area (Å²) in [6.07, 6.45) is 2.82. The molecule has 2 saturated heterocycles. The molecule has 0 unspecified atom stereocenters. The van der Waals surface area contributed by atoms with Crippen molar-refractivity contribution < 1.29 is 4.79 Å². The molecule has 0 aromatic heterocycles. The normalized spacial score (nSPS) is 27.8. The lowest BCUT2D eigenvalue weighted by atomic mass is 9.92. The zero-order valence-corrected chi connectivity index (χ0v) is 14.9. The Morgan fingerprint density at radius 3 is 2.58 bits per heavy atom. The van der Waals surface area contributed by atoms with Crippen LogP contribution < -0.4 is 0 Å². The Morgan fingerprint density at radius 1 is 1.12 bits per heavy atom. The first-order chi connectivity index (χ1) is 11.5. The fourth-order valence-corrected chi connectivity index (χ4v) is 4.50. The molecule has 1 aromatic rings. The number of benzene rings is 1. The lowest BCUT2D eigenvalue weighted by Crippen LogP contribution is -2.70. The van der Waals surface area contributed by atoms with E-state index in [0.29, 0.717) is 6.04 Å². The van der Waals surface area contributed by atoms with Crippen molar-refractivity contribution in [3.63, 3.8) is 0 Å². The van der Waals surface area contributed by atoms with Gasteiger partial charge < -0.3 is 9.80 Å². The predicted molar refractivity (Wildman–Crippen MR) is 96.1 cm³/mol. The molecule has 4 heteroatoms. The van der Waals surface area contributed by atoms with Crippen LogP contribution in [-0.4, -0.2) is 71.5 Å². The molecule has 0 spiro atoms. The summed E-state index contributed by atoms with van der Waals surface area (Å²) in [5.74, 6) is 1.12. The Morgan fingerprint density at radius 2 is 1.88 bits per heavy atom. The highest BCUT2D eigenvalue weighted by Gasteiger charge is 2.44. The van der Waals surface area contributed by atoms with Gasteiger partial charge in [-0.25, -0.2) is 0 Å². The first-order valence-electron chi connectivity index (χ1n) is 9.36. The molecular formula is C20H29N3O. The first-order valence-corrected chi connectivity index (χ1v) is 9.36. The van der Waals surface area contributed by atoms with Gasteiger partial charge in [-0.1, -0.05) is 18.2 Å². The molecule has 0 radical (unpaired) electrons. The van der Waals surface area contributed by atoms with E-state index in [0.717, 1.165) is 37.7 Å². The molecule has 130 valence electrons. The van der Waals surface area contributed by atoms with E-state index >= 15 is 0 Å². The smallest absolute Gasteiger partial charge is 0.253 e. The van der Waals surface area contributed by atoms with Gasteiger partial charge in [-0.2, -0.15) is 0 Å². The minimum Gasteiger partial charge on any atom is -0.335 e. The van der Waals surface area contributed by atoms with E-state index in [1.807, 2.05) is 30.3 Å². The minimum absolute atomic E-state index is 0.0546. The number of hydrogen-bond acceptors (Lipinski definition) is 3. The van der Waals surface area contributed by atoms with Crippen molar-refractivity contribution in [1.29, 1.82) is 0 Å². The van der Waals surface area contributed by atoms with Crippen LogP contribution in [0.1, 0.15) is 37.0 Å². The molecule has 1 aromatic carbocycles. The molecule has 2 heterocycles. The van der Waals surface area contributed by atoms with Crippen LogP contribution in [0.3, 0.4) is 0 Å². The van der Waals surface area contributed by atoms with E-state index in [2.05, 4.69) is 28.5 Å². The second-order valence-corrected chi connectivity index (χ2v) is 8.41. The predicted octanol–water partition coefficient (Wildman–Crippen LogP) is 2.32.